The molecular weight excluding hydrogens is 666 g/mol. The first-order chi connectivity index (χ1) is 24.4. The molecule has 2 aliphatic rings. The summed E-state index contributed by atoms with van der Waals surface area (Å²) in [6.45, 7) is 0.441. The molecule has 0 spiro atoms. The molecule has 4 unspecified atom stereocenters. The normalized spacial score (nSPS) is 19.8. The van der Waals surface area contributed by atoms with Crippen molar-refractivity contribution in [1.29, 1.82) is 0 Å². The summed E-state index contributed by atoms with van der Waals surface area (Å²) in [5.41, 5.74) is 4.16. The lowest BCUT2D eigenvalue weighted by molar-refractivity contribution is 0.430. The van der Waals surface area contributed by atoms with Gasteiger partial charge in [0, 0.05) is 35.3 Å². The summed E-state index contributed by atoms with van der Waals surface area (Å²) < 4.78 is 43.5. The summed E-state index contributed by atoms with van der Waals surface area (Å²) in [6.07, 6.45) is 0. The lowest BCUT2D eigenvalue weighted by Gasteiger charge is -2.36. The van der Waals surface area contributed by atoms with Gasteiger partial charge in [-0.3, -0.25) is 19.8 Å². The van der Waals surface area contributed by atoms with Crippen LogP contribution in [0.4, 0.5) is 0 Å². The Morgan fingerprint density at radius 2 is 0.800 bits per heavy atom. The Hall–Kier alpha value is -5.10. The summed E-state index contributed by atoms with van der Waals surface area (Å²) >= 11 is 0. The van der Waals surface area contributed by atoms with Crippen molar-refractivity contribution in [3.8, 4) is 45.3 Å². The molecule has 4 N–H and O–H groups in total. The molecule has 0 aromatic heterocycles. The van der Waals surface area contributed by atoms with E-state index in [2.05, 4.69) is 10.6 Å². The van der Waals surface area contributed by atoms with Crippen LogP contribution in [-0.4, -0.2) is 23.3 Å². The summed E-state index contributed by atoms with van der Waals surface area (Å²) in [5.74, 6) is -0.899. The second kappa shape index (κ2) is 13.0. The van der Waals surface area contributed by atoms with Crippen LogP contribution in [0.15, 0.2) is 146 Å². The van der Waals surface area contributed by atoms with Crippen LogP contribution in [0.5, 0.6) is 23.0 Å². The van der Waals surface area contributed by atoms with Crippen molar-refractivity contribution in [2.75, 3.05) is 13.1 Å². The van der Waals surface area contributed by atoms with Gasteiger partial charge in [-0.1, -0.05) is 109 Å². The van der Waals surface area contributed by atoms with E-state index in [-0.39, 0.29) is 24.6 Å². The molecule has 250 valence electrons. The van der Waals surface area contributed by atoms with Gasteiger partial charge in [-0.25, -0.2) is 0 Å². The van der Waals surface area contributed by atoms with E-state index in [1.54, 1.807) is 60.7 Å². The fourth-order valence-electron chi connectivity index (χ4n) is 6.94. The molecule has 0 saturated heterocycles. The van der Waals surface area contributed by atoms with Gasteiger partial charge in [0.2, 0.25) is 0 Å². The van der Waals surface area contributed by atoms with E-state index in [1.807, 2.05) is 84.9 Å². The van der Waals surface area contributed by atoms with Gasteiger partial charge in [0.15, 0.2) is 0 Å². The summed E-state index contributed by atoms with van der Waals surface area (Å²) in [4.78, 5) is 0. The van der Waals surface area contributed by atoms with E-state index < -0.39 is 26.3 Å². The fourth-order valence-corrected chi connectivity index (χ4v) is 12.4. The van der Waals surface area contributed by atoms with Crippen molar-refractivity contribution in [1.82, 2.24) is 10.6 Å². The molecule has 50 heavy (non-hydrogen) atoms. The van der Waals surface area contributed by atoms with Crippen LogP contribution in [0.25, 0.3) is 22.3 Å². The number of rotatable bonds is 9. The zero-order valence-electron chi connectivity index (χ0n) is 26.8. The largest absolute Gasteiger partial charge is 0.508 e. The number of benzene rings is 6. The average Bonchev–Trinajstić information content (AvgIpc) is 3.14. The number of nitrogens with one attached hydrogen (secondary N) is 2. The van der Waals surface area contributed by atoms with E-state index >= 15 is 9.13 Å². The van der Waals surface area contributed by atoms with E-state index in [9.17, 15) is 10.2 Å². The number of phenols is 2. The van der Waals surface area contributed by atoms with Crippen LogP contribution in [-0.2, 0) is 9.13 Å². The highest BCUT2D eigenvalue weighted by Gasteiger charge is 2.46. The molecule has 6 aromatic carbocycles. The maximum Gasteiger partial charge on any atom is 0.298 e. The molecule has 8 nitrogen and oxygen atoms in total. The van der Waals surface area contributed by atoms with Crippen LogP contribution in [0.1, 0.15) is 22.7 Å². The van der Waals surface area contributed by atoms with Gasteiger partial charge in [0.25, 0.3) is 14.7 Å². The number of para-hydroxylation sites is 4. The van der Waals surface area contributed by atoms with Crippen LogP contribution in [0.2, 0.25) is 0 Å². The molecule has 0 aliphatic carbocycles. The third-order valence-corrected chi connectivity index (χ3v) is 14.6. The molecule has 0 fully saturated rings. The molecule has 4 atom stereocenters. The Balaban J connectivity index is 1.14. The molecular formula is C40H34N2O6P2. The van der Waals surface area contributed by atoms with E-state index in [4.69, 9.17) is 9.05 Å². The summed E-state index contributed by atoms with van der Waals surface area (Å²) in [6, 6.07) is 43.6. The van der Waals surface area contributed by atoms with Gasteiger partial charge < -0.3 is 19.3 Å². The lowest BCUT2D eigenvalue weighted by Crippen LogP contribution is -2.37. The molecule has 2 heterocycles. The maximum atomic E-state index is 15.3. The molecule has 8 rings (SSSR count). The third-order valence-electron chi connectivity index (χ3n) is 9.24. The lowest BCUT2D eigenvalue weighted by atomic mass is 10.0. The number of fused-ring (bicyclic) bond motifs is 6. The first-order valence-corrected chi connectivity index (χ1v) is 19.8. The van der Waals surface area contributed by atoms with Crippen molar-refractivity contribution >= 4 is 25.3 Å². The highest BCUT2D eigenvalue weighted by Crippen LogP contribution is 2.64. The molecule has 6 aromatic rings. The topological polar surface area (TPSA) is 117 Å². The van der Waals surface area contributed by atoms with Crippen molar-refractivity contribution in [2.45, 2.75) is 11.6 Å². The zero-order valence-corrected chi connectivity index (χ0v) is 28.6. The van der Waals surface area contributed by atoms with Gasteiger partial charge >= 0.3 is 0 Å². The van der Waals surface area contributed by atoms with Gasteiger partial charge in [-0.05, 0) is 47.5 Å². The van der Waals surface area contributed by atoms with E-state index in [0.29, 0.717) is 33.2 Å². The Labute approximate surface area is 290 Å². The summed E-state index contributed by atoms with van der Waals surface area (Å²) in [5, 5.41) is 30.1. The first-order valence-electron chi connectivity index (χ1n) is 16.4. The van der Waals surface area contributed by atoms with Crippen LogP contribution in [0.3, 0.4) is 0 Å². The monoisotopic (exact) mass is 700 g/mol. The molecule has 10 heteroatoms. The number of hydrogen-bond acceptors (Lipinski definition) is 8. The Bertz CT molecular complexity index is 2170. The van der Waals surface area contributed by atoms with Gasteiger partial charge in [0.1, 0.15) is 34.6 Å². The Morgan fingerprint density at radius 3 is 1.22 bits per heavy atom. The Morgan fingerprint density at radius 1 is 0.460 bits per heavy atom. The molecule has 0 radical (unpaired) electrons. The number of hydrogen-bond donors (Lipinski definition) is 4. The highest BCUT2D eigenvalue weighted by atomic mass is 31.2. The fraction of sp³-hybridized carbons (Fsp3) is 0.100. The van der Waals surface area contributed by atoms with Gasteiger partial charge in [-0.2, -0.15) is 0 Å². The predicted molar refractivity (Wildman–Crippen MR) is 197 cm³/mol. The van der Waals surface area contributed by atoms with Crippen molar-refractivity contribution in [2.24, 2.45) is 0 Å². The van der Waals surface area contributed by atoms with Crippen LogP contribution in [0, 0.1) is 0 Å². The SMILES string of the molecule is O=P1(C(NCCNC(c2ccccc2O)P2(=O)Oc3ccccc3-c3ccccc32)c2ccccc2O)Oc2ccccc2-c2ccccc21. The second-order valence-corrected chi connectivity index (χ2v) is 17.0. The van der Waals surface area contributed by atoms with E-state index in [1.165, 1.54) is 0 Å². The highest BCUT2D eigenvalue weighted by molar-refractivity contribution is 7.68. The maximum absolute atomic E-state index is 15.3. The van der Waals surface area contributed by atoms with Crippen LogP contribution < -0.4 is 30.3 Å². The smallest absolute Gasteiger partial charge is 0.298 e. The van der Waals surface area contributed by atoms with Crippen LogP contribution >= 0.6 is 14.7 Å². The standard InChI is InChI=1S/C40H34N2O6P2/c43-33-19-7-1-17-31(33)39(49(45)37-23-11-5-15-29(37)27-13-3-9-21-35(27)47-49)41-25-26-42-40(32-18-2-8-20-34(32)44)50(46)38-24-12-6-16-30(38)28-14-4-10-22-36(28)48-50/h1-24,39-44H,25-26H2. The van der Waals surface area contributed by atoms with Gasteiger partial charge in [0.05, 0.1) is 10.6 Å². The average molecular weight is 701 g/mol. The minimum absolute atomic E-state index is 0.0180. The second-order valence-electron chi connectivity index (χ2n) is 12.2. The minimum Gasteiger partial charge on any atom is -0.508 e. The molecule has 0 amide bonds. The third kappa shape index (κ3) is 5.42. The molecule has 0 saturated carbocycles. The van der Waals surface area contributed by atoms with Crippen molar-refractivity contribution < 1.29 is 28.4 Å². The molecule has 2 aliphatic heterocycles. The van der Waals surface area contributed by atoms with Gasteiger partial charge in [-0.15, -0.1) is 0 Å². The number of phenolic OH excluding ortho intramolecular Hbond substituents is 2. The predicted octanol–water partition coefficient (Wildman–Crippen LogP) is 8.30. The molecule has 0 bridgehead atoms. The zero-order chi connectivity index (χ0) is 34.3. The Kier molecular flexibility index (Phi) is 8.34. The van der Waals surface area contributed by atoms with Crippen molar-refractivity contribution in [3.05, 3.63) is 157 Å². The summed E-state index contributed by atoms with van der Waals surface area (Å²) in [7, 11) is -7.53. The van der Waals surface area contributed by atoms with Crippen molar-refractivity contribution in [3.63, 3.8) is 0 Å². The first kappa shape index (κ1) is 32.1. The quantitative estimate of drug-likeness (QED) is 0.0880. The van der Waals surface area contributed by atoms with E-state index in [0.717, 1.165) is 22.3 Å². The number of aromatic hydroxyl groups is 2. The minimum atomic E-state index is -3.76.